The van der Waals surface area contributed by atoms with Gasteiger partial charge >= 0.3 is 16.1 Å². The van der Waals surface area contributed by atoms with Gasteiger partial charge < -0.3 is 5.11 Å². The van der Waals surface area contributed by atoms with E-state index in [9.17, 15) is 27.7 Å². The van der Waals surface area contributed by atoms with Crippen molar-refractivity contribution in [3.8, 4) is 0 Å². The molecule has 0 radical (unpaired) electrons. The second-order valence-corrected chi connectivity index (χ2v) is 10.3. The predicted octanol–water partition coefficient (Wildman–Crippen LogP) is 4.33. The Morgan fingerprint density at radius 2 is 1.47 bits per heavy atom. The second kappa shape index (κ2) is 7.44. The van der Waals surface area contributed by atoms with Gasteiger partial charge in [0.05, 0.1) is 22.3 Å². The van der Waals surface area contributed by atoms with Crippen LogP contribution in [0.4, 0.5) is 0 Å². The smallest absolute Gasteiger partial charge is 0.337 e. The SMILES string of the molecule is Cc1cc(C(C)C([n+]2c3ccccc3c(C(=O)O)c3ccccc32)S(=O)(=O)O)c2c(C)c1C2=O. The molecule has 4 aromatic rings. The van der Waals surface area contributed by atoms with E-state index in [1.54, 1.807) is 68.4 Å². The molecular formula is C26H22NO6S+. The molecule has 172 valence electrons. The Morgan fingerprint density at radius 3 is 1.91 bits per heavy atom. The van der Waals surface area contributed by atoms with E-state index in [0.717, 1.165) is 11.1 Å². The van der Waals surface area contributed by atoms with Crippen LogP contribution in [0.5, 0.6) is 0 Å². The zero-order chi connectivity index (χ0) is 24.5. The van der Waals surface area contributed by atoms with Gasteiger partial charge in [0, 0.05) is 23.3 Å². The maximum absolute atomic E-state index is 13.0. The molecule has 2 atom stereocenters. The summed E-state index contributed by atoms with van der Waals surface area (Å²) >= 11 is 0. The molecule has 1 heterocycles. The van der Waals surface area contributed by atoms with Crippen molar-refractivity contribution in [3.63, 3.8) is 0 Å². The van der Waals surface area contributed by atoms with Crippen molar-refractivity contribution >= 4 is 43.7 Å². The molecule has 8 heteroatoms. The molecule has 2 aliphatic carbocycles. The third-order valence-corrected chi connectivity index (χ3v) is 8.05. The lowest BCUT2D eigenvalue weighted by Crippen LogP contribution is -2.48. The van der Waals surface area contributed by atoms with Crippen LogP contribution in [-0.2, 0) is 10.1 Å². The molecule has 0 aliphatic heterocycles. The standard InChI is InChI=1S/C26H21NO6S/c1-13-12-18(22-15(3)21(13)24(22)28)14(2)25(34(31,32)33)27-19-10-6-4-8-16(19)23(26(29)30)17-9-5-7-11-20(17)27/h4-12,14,25H,1-3H3,(H-,29,30,31,32,33)/p+1. The first-order valence-electron chi connectivity index (χ1n) is 10.8. The summed E-state index contributed by atoms with van der Waals surface area (Å²) in [6.07, 6.45) is 0. The summed E-state index contributed by atoms with van der Waals surface area (Å²) in [6.45, 7) is 5.30. The van der Waals surface area contributed by atoms with Crippen LogP contribution < -0.4 is 4.57 Å². The van der Waals surface area contributed by atoms with Crippen molar-refractivity contribution in [2.24, 2.45) is 0 Å². The van der Waals surface area contributed by atoms with Gasteiger partial charge in [0.2, 0.25) is 11.0 Å². The van der Waals surface area contributed by atoms with Gasteiger partial charge in [0.1, 0.15) is 0 Å². The number of aromatic carboxylic acids is 1. The van der Waals surface area contributed by atoms with Crippen molar-refractivity contribution in [3.05, 3.63) is 88.0 Å². The van der Waals surface area contributed by atoms with Crippen LogP contribution in [0, 0.1) is 13.8 Å². The molecule has 0 saturated carbocycles. The van der Waals surface area contributed by atoms with Gasteiger partial charge in [-0.1, -0.05) is 37.3 Å². The second-order valence-electron chi connectivity index (χ2n) is 8.77. The number of para-hydroxylation sites is 2. The molecule has 6 rings (SSSR count). The highest BCUT2D eigenvalue weighted by Crippen LogP contribution is 2.42. The highest BCUT2D eigenvalue weighted by molar-refractivity contribution is 7.85. The minimum absolute atomic E-state index is 0.0530. The van der Waals surface area contributed by atoms with Gasteiger partial charge in [-0.15, -0.1) is 0 Å². The number of rotatable bonds is 5. The molecule has 2 bridgehead atoms. The van der Waals surface area contributed by atoms with Gasteiger partial charge in [-0.25, -0.2) is 4.79 Å². The van der Waals surface area contributed by atoms with Crippen LogP contribution in [0.3, 0.4) is 0 Å². The average Bonchev–Trinajstić information content (AvgIpc) is 2.77. The maximum Gasteiger partial charge on any atom is 0.337 e. The summed E-state index contributed by atoms with van der Waals surface area (Å²) in [5.74, 6) is -2.07. The highest BCUT2D eigenvalue weighted by Gasteiger charge is 2.45. The Balaban J connectivity index is 1.90. The first kappa shape index (κ1) is 22.2. The molecule has 3 aromatic carbocycles. The Hall–Kier alpha value is -3.62. The van der Waals surface area contributed by atoms with E-state index in [1.807, 2.05) is 6.92 Å². The van der Waals surface area contributed by atoms with Crippen LogP contribution in [0.15, 0.2) is 54.6 Å². The van der Waals surface area contributed by atoms with Crippen LogP contribution in [0.25, 0.3) is 21.8 Å². The van der Waals surface area contributed by atoms with E-state index in [0.29, 0.717) is 38.5 Å². The molecule has 0 amide bonds. The number of aryl methyl sites for hydroxylation is 2. The van der Waals surface area contributed by atoms with E-state index in [2.05, 4.69) is 0 Å². The minimum atomic E-state index is -4.72. The zero-order valence-corrected chi connectivity index (χ0v) is 19.6. The number of fused-ring (bicyclic) bond motifs is 4. The summed E-state index contributed by atoms with van der Waals surface area (Å²) in [7, 11) is -4.72. The number of carbonyl (C=O) groups excluding carboxylic acids is 1. The van der Waals surface area contributed by atoms with E-state index in [4.69, 9.17) is 0 Å². The highest BCUT2D eigenvalue weighted by atomic mass is 32.2. The number of ketones is 1. The lowest BCUT2D eigenvalue weighted by atomic mass is 9.74. The monoisotopic (exact) mass is 476 g/mol. The van der Waals surface area contributed by atoms with E-state index in [-0.39, 0.29) is 11.3 Å². The fraction of sp³-hybridized carbons (Fsp3) is 0.192. The Bertz CT molecular complexity index is 1610. The number of hydrogen-bond donors (Lipinski definition) is 2. The average molecular weight is 477 g/mol. The summed E-state index contributed by atoms with van der Waals surface area (Å²) < 4.78 is 37.9. The van der Waals surface area contributed by atoms with E-state index in [1.165, 1.54) is 4.57 Å². The number of carboxylic acids is 1. The topological polar surface area (TPSA) is 113 Å². The van der Waals surface area contributed by atoms with Gasteiger partial charge in [-0.05, 0) is 42.7 Å². The number of benzene rings is 3. The number of aromatic nitrogens is 1. The van der Waals surface area contributed by atoms with Gasteiger partial charge in [0.25, 0.3) is 5.37 Å². The third kappa shape index (κ3) is 2.99. The fourth-order valence-electron chi connectivity index (χ4n) is 5.43. The molecule has 0 fully saturated rings. The van der Waals surface area contributed by atoms with Gasteiger partial charge in [-0.3, -0.25) is 9.35 Å². The zero-order valence-electron chi connectivity index (χ0n) is 18.7. The lowest BCUT2D eigenvalue weighted by Gasteiger charge is -2.29. The molecule has 0 spiro atoms. The van der Waals surface area contributed by atoms with Crippen LogP contribution in [-0.4, -0.2) is 29.8 Å². The predicted molar refractivity (Wildman–Crippen MR) is 127 cm³/mol. The minimum Gasteiger partial charge on any atom is -0.478 e. The number of nitrogens with zero attached hydrogens (tertiary/aromatic N) is 1. The largest absolute Gasteiger partial charge is 0.478 e. The van der Waals surface area contributed by atoms with Crippen molar-refractivity contribution in [2.75, 3.05) is 0 Å². The van der Waals surface area contributed by atoms with Crippen LogP contribution >= 0.6 is 0 Å². The number of hydrogen-bond acceptors (Lipinski definition) is 4. The molecular weight excluding hydrogens is 454 g/mol. The van der Waals surface area contributed by atoms with Gasteiger partial charge in [0.15, 0.2) is 5.78 Å². The Kier molecular flexibility index (Phi) is 4.86. The van der Waals surface area contributed by atoms with E-state index < -0.39 is 27.4 Å². The fourth-order valence-corrected chi connectivity index (χ4v) is 6.58. The summed E-state index contributed by atoms with van der Waals surface area (Å²) in [5, 5.41) is 9.17. The van der Waals surface area contributed by atoms with Crippen molar-refractivity contribution in [2.45, 2.75) is 32.1 Å². The molecule has 2 unspecified atom stereocenters. The molecule has 34 heavy (non-hydrogen) atoms. The lowest BCUT2D eigenvalue weighted by molar-refractivity contribution is -0.654. The van der Waals surface area contributed by atoms with Crippen LogP contribution in [0.2, 0.25) is 0 Å². The number of carboxylic acid groups (broad SMARTS) is 1. The molecule has 2 N–H and O–H groups in total. The quantitative estimate of drug-likeness (QED) is 0.222. The first-order chi connectivity index (χ1) is 16.0. The summed E-state index contributed by atoms with van der Waals surface area (Å²) in [6, 6.07) is 15.0. The molecule has 0 saturated heterocycles. The Labute approximate surface area is 196 Å². The van der Waals surface area contributed by atoms with Crippen molar-refractivity contribution in [1.29, 1.82) is 0 Å². The Morgan fingerprint density at radius 1 is 0.941 bits per heavy atom. The van der Waals surface area contributed by atoms with Crippen molar-refractivity contribution in [1.82, 2.24) is 0 Å². The van der Waals surface area contributed by atoms with Gasteiger partial charge in [-0.2, -0.15) is 13.0 Å². The molecule has 2 aliphatic rings. The summed E-state index contributed by atoms with van der Waals surface area (Å²) in [4.78, 5) is 24.9. The summed E-state index contributed by atoms with van der Waals surface area (Å²) in [5.41, 5.74) is 4.02. The number of pyridine rings is 1. The molecule has 1 aromatic heterocycles. The van der Waals surface area contributed by atoms with Crippen molar-refractivity contribution < 1.29 is 32.2 Å². The third-order valence-electron chi connectivity index (χ3n) is 6.82. The van der Waals surface area contributed by atoms with E-state index >= 15 is 0 Å². The van der Waals surface area contributed by atoms with Crippen LogP contribution in [0.1, 0.15) is 61.2 Å². The molecule has 7 nitrogen and oxygen atoms in total. The number of carbonyl (C=O) groups is 2. The first-order valence-corrected chi connectivity index (χ1v) is 12.3. The maximum atomic E-state index is 13.0. The normalized spacial score (nSPS) is 14.8.